The minimum Gasteiger partial charge on any atom is -0.355 e. The van der Waals surface area contributed by atoms with Gasteiger partial charge in [-0.05, 0) is 74.1 Å². The second-order valence-electron chi connectivity index (χ2n) is 9.55. The van der Waals surface area contributed by atoms with Crippen molar-refractivity contribution in [2.24, 2.45) is 0 Å². The highest BCUT2D eigenvalue weighted by molar-refractivity contribution is 6.33. The Morgan fingerprint density at radius 1 is 0.976 bits per heavy atom. The Morgan fingerprint density at radius 2 is 1.71 bits per heavy atom. The predicted octanol–water partition coefficient (Wildman–Crippen LogP) is 5.38. The average molecular weight is 576 g/mol. The van der Waals surface area contributed by atoms with Crippen molar-refractivity contribution in [2.75, 3.05) is 44.9 Å². The molecule has 11 heteroatoms. The molecule has 9 nitrogen and oxygen atoms in total. The summed E-state index contributed by atoms with van der Waals surface area (Å²) in [5, 5.41) is 11.7. The number of nitrogens with zero attached hydrogens (tertiary/aromatic N) is 3. The van der Waals surface area contributed by atoms with Crippen LogP contribution < -0.4 is 21.3 Å². The molecule has 0 unspecified atom stereocenters. The molecule has 1 aromatic heterocycles. The number of benzene rings is 3. The van der Waals surface area contributed by atoms with Crippen LogP contribution in [0.15, 0.2) is 66.9 Å². The van der Waals surface area contributed by atoms with E-state index >= 15 is 4.39 Å². The zero-order chi connectivity index (χ0) is 29.5. The van der Waals surface area contributed by atoms with Gasteiger partial charge in [-0.3, -0.25) is 9.59 Å². The first-order valence-electron chi connectivity index (χ1n) is 12.9. The van der Waals surface area contributed by atoms with E-state index in [0.29, 0.717) is 35.5 Å². The Morgan fingerprint density at radius 3 is 2.41 bits per heavy atom. The van der Waals surface area contributed by atoms with Gasteiger partial charge >= 0.3 is 0 Å². The van der Waals surface area contributed by atoms with Crippen LogP contribution in [-0.4, -0.2) is 60.9 Å². The van der Waals surface area contributed by atoms with Crippen molar-refractivity contribution < 1.29 is 14.0 Å². The topological polar surface area (TPSA) is 111 Å². The Bertz CT molecular complexity index is 1560. The number of nitrogens with one attached hydrogen (secondary N) is 4. The van der Waals surface area contributed by atoms with Crippen LogP contribution >= 0.6 is 11.6 Å². The molecule has 0 atom stereocenters. The van der Waals surface area contributed by atoms with E-state index in [9.17, 15) is 9.59 Å². The number of rotatable bonds is 10. The van der Waals surface area contributed by atoms with Crippen LogP contribution in [0.25, 0.3) is 11.1 Å². The van der Waals surface area contributed by atoms with Crippen LogP contribution in [0.4, 0.5) is 27.5 Å². The van der Waals surface area contributed by atoms with Crippen molar-refractivity contribution in [3.05, 3.63) is 94.4 Å². The molecule has 0 aliphatic heterocycles. The van der Waals surface area contributed by atoms with Crippen LogP contribution in [0.1, 0.15) is 26.3 Å². The molecular weight excluding hydrogens is 545 g/mol. The van der Waals surface area contributed by atoms with E-state index in [1.165, 1.54) is 12.3 Å². The van der Waals surface area contributed by atoms with Gasteiger partial charge in [-0.2, -0.15) is 4.98 Å². The third-order valence-electron chi connectivity index (χ3n) is 6.26. The highest BCUT2D eigenvalue weighted by atomic mass is 35.5. The van der Waals surface area contributed by atoms with E-state index in [0.717, 1.165) is 11.1 Å². The van der Waals surface area contributed by atoms with Gasteiger partial charge in [-0.15, -0.1) is 0 Å². The lowest BCUT2D eigenvalue weighted by molar-refractivity contribution is 0.0947. The minimum atomic E-state index is -0.506. The summed E-state index contributed by atoms with van der Waals surface area (Å²) >= 11 is 6.36. The number of likely N-dealkylation sites (N-methyl/N-ethyl adjacent to an activating group) is 1. The van der Waals surface area contributed by atoms with E-state index in [4.69, 9.17) is 11.6 Å². The average Bonchev–Trinajstić information content (AvgIpc) is 2.96. The smallest absolute Gasteiger partial charge is 0.253 e. The molecular formula is C30H31ClFN7O2. The van der Waals surface area contributed by atoms with E-state index in [1.807, 2.05) is 25.9 Å². The lowest BCUT2D eigenvalue weighted by Gasteiger charge is -2.15. The number of halogens is 2. The zero-order valence-electron chi connectivity index (χ0n) is 23.2. The van der Waals surface area contributed by atoms with Crippen LogP contribution in [0.5, 0.6) is 0 Å². The first-order valence-corrected chi connectivity index (χ1v) is 13.2. The number of amides is 2. The molecule has 4 N–H and O–H groups in total. The van der Waals surface area contributed by atoms with Gasteiger partial charge in [-0.1, -0.05) is 35.9 Å². The number of hydrogen-bond acceptors (Lipinski definition) is 7. The minimum absolute atomic E-state index is 0.116. The summed E-state index contributed by atoms with van der Waals surface area (Å²) in [4.78, 5) is 35.2. The molecule has 0 aliphatic carbocycles. The van der Waals surface area contributed by atoms with E-state index in [2.05, 4.69) is 31.2 Å². The van der Waals surface area contributed by atoms with E-state index < -0.39 is 5.82 Å². The lowest BCUT2D eigenvalue weighted by Crippen LogP contribution is -2.31. The Labute approximate surface area is 243 Å². The van der Waals surface area contributed by atoms with Crippen molar-refractivity contribution in [1.29, 1.82) is 0 Å². The number of anilines is 4. The molecule has 0 saturated carbocycles. The molecule has 0 aliphatic rings. The number of carbonyl (C=O) groups is 2. The normalized spacial score (nSPS) is 10.8. The van der Waals surface area contributed by atoms with E-state index in [-0.39, 0.29) is 34.3 Å². The van der Waals surface area contributed by atoms with E-state index in [1.54, 1.807) is 61.6 Å². The van der Waals surface area contributed by atoms with Crippen molar-refractivity contribution in [2.45, 2.75) is 6.92 Å². The maximum absolute atomic E-state index is 15.2. The summed E-state index contributed by atoms with van der Waals surface area (Å²) in [5.74, 6) is -0.566. The van der Waals surface area contributed by atoms with Crippen LogP contribution in [-0.2, 0) is 0 Å². The standard InChI is InChI=1S/C30H31ClFN7O2/c1-18-15-26(24(32)16-22(18)19-9-11-20(12-10-19)28(40)33-2)37-30-35-17-23(31)27(38-30)36-25-8-6-5-7-21(25)29(41)34-13-14-39(3)4/h5-12,15-17H,13-14H2,1-4H3,(H,33,40)(H,34,41)(H2,35,36,37,38). The second kappa shape index (κ2) is 13.2. The van der Waals surface area contributed by atoms with Crippen molar-refractivity contribution in [3.8, 4) is 11.1 Å². The molecule has 212 valence electrons. The molecule has 1 heterocycles. The molecule has 3 aromatic carbocycles. The van der Waals surface area contributed by atoms with Crippen molar-refractivity contribution in [1.82, 2.24) is 25.5 Å². The van der Waals surface area contributed by atoms with Gasteiger partial charge in [-0.25, -0.2) is 9.37 Å². The van der Waals surface area contributed by atoms with Gasteiger partial charge in [0.05, 0.1) is 23.1 Å². The van der Waals surface area contributed by atoms with Crippen molar-refractivity contribution >= 4 is 46.6 Å². The summed E-state index contributed by atoms with van der Waals surface area (Å²) in [6.07, 6.45) is 1.39. The number of aromatic nitrogens is 2. The van der Waals surface area contributed by atoms with Gasteiger partial charge in [0.15, 0.2) is 5.82 Å². The maximum Gasteiger partial charge on any atom is 0.253 e. The fourth-order valence-corrected chi connectivity index (χ4v) is 4.21. The third kappa shape index (κ3) is 7.36. The number of para-hydroxylation sites is 1. The molecule has 0 bridgehead atoms. The largest absolute Gasteiger partial charge is 0.355 e. The van der Waals surface area contributed by atoms with Gasteiger partial charge < -0.3 is 26.2 Å². The second-order valence-corrected chi connectivity index (χ2v) is 9.96. The Balaban J connectivity index is 1.54. The highest BCUT2D eigenvalue weighted by Gasteiger charge is 2.15. The molecule has 4 rings (SSSR count). The predicted molar refractivity (Wildman–Crippen MR) is 161 cm³/mol. The summed E-state index contributed by atoms with van der Waals surface area (Å²) in [7, 11) is 5.43. The van der Waals surface area contributed by atoms with Crippen LogP contribution in [0.2, 0.25) is 5.02 Å². The van der Waals surface area contributed by atoms with Gasteiger partial charge in [0, 0.05) is 25.7 Å². The number of hydrogen-bond donors (Lipinski definition) is 4. The van der Waals surface area contributed by atoms with Crippen LogP contribution in [0, 0.1) is 12.7 Å². The lowest BCUT2D eigenvalue weighted by atomic mass is 9.98. The molecule has 2 amide bonds. The Hall–Kier alpha value is -4.54. The Kier molecular flexibility index (Phi) is 9.49. The summed E-state index contributed by atoms with van der Waals surface area (Å²) in [6.45, 7) is 3.06. The summed E-state index contributed by atoms with van der Waals surface area (Å²) in [5.41, 5.74) is 3.91. The van der Waals surface area contributed by atoms with Gasteiger partial charge in [0.2, 0.25) is 5.95 Å². The van der Waals surface area contributed by atoms with Gasteiger partial charge in [0.25, 0.3) is 11.8 Å². The molecule has 41 heavy (non-hydrogen) atoms. The number of aryl methyl sites for hydroxylation is 1. The quantitative estimate of drug-likeness (QED) is 0.201. The highest BCUT2D eigenvalue weighted by Crippen LogP contribution is 2.31. The third-order valence-corrected chi connectivity index (χ3v) is 6.54. The van der Waals surface area contributed by atoms with Crippen molar-refractivity contribution in [3.63, 3.8) is 0 Å². The molecule has 0 saturated heterocycles. The monoisotopic (exact) mass is 575 g/mol. The molecule has 0 spiro atoms. The maximum atomic E-state index is 15.2. The zero-order valence-corrected chi connectivity index (χ0v) is 23.9. The molecule has 0 radical (unpaired) electrons. The first-order chi connectivity index (χ1) is 19.7. The van der Waals surface area contributed by atoms with Crippen LogP contribution in [0.3, 0.4) is 0 Å². The molecule has 4 aromatic rings. The van der Waals surface area contributed by atoms with Gasteiger partial charge in [0.1, 0.15) is 10.8 Å². The fraction of sp³-hybridized carbons (Fsp3) is 0.200. The fourth-order valence-electron chi connectivity index (χ4n) is 4.08. The number of carbonyl (C=O) groups excluding carboxylic acids is 2. The summed E-state index contributed by atoms with van der Waals surface area (Å²) in [6, 6.07) is 17.0. The SMILES string of the molecule is CNC(=O)c1ccc(-c2cc(F)c(Nc3ncc(Cl)c(Nc4ccccc4C(=O)NCCN(C)C)n3)cc2C)cc1. The molecule has 0 fully saturated rings. The summed E-state index contributed by atoms with van der Waals surface area (Å²) < 4.78 is 15.2. The first kappa shape index (κ1) is 29.4.